The Kier molecular flexibility index (Phi) is 12.3. The minimum Gasteiger partial charge on any atom is -0.432 e. The molecular weight excluding hydrogens is 434 g/mol. The maximum atomic E-state index is 12.1. The Hall–Kier alpha value is -1.75. The monoisotopic (exact) mass is 475 g/mol. The Morgan fingerprint density at radius 2 is 1.70 bits per heavy atom. The van der Waals surface area contributed by atoms with E-state index in [2.05, 4.69) is 0 Å². The molecule has 0 radical (unpaired) electrons. The van der Waals surface area contributed by atoms with E-state index < -0.39 is 23.6 Å². The van der Waals surface area contributed by atoms with Crippen molar-refractivity contribution in [3.05, 3.63) is 0 Å². The van der Waals surface area contributed by atoms with E-state index in [9.17, 15) is 14.4 Å². The third-order valence-corrected chi connectivity index (χ3v) is 6.22. The van der Waals surface area contributed by atoms with Gasteiger partial charge in [-0.1, -0.05) is 12.0 Å². The van der Waals surface area contributed by atoms with Crippen LogP contribution in [0.25, 0.3) is 0 Å². The minimum absolute atomic E-state index is 0.0159. The number of hydrogen-bond donors (Lipinski definition) is 0. The summed E-state index contributed by atoms with van der Waals surface area (Å²) in [7, 11) is 3.30. The van der Waals surface area contributed by atoms with E-state index in [-0.39, 0.29) is 43.7 Å². The lowest BCUT2D eigenvalue weighted by atomic mass is 9.87. The molecule has 10 heteroatoms. The molecule has 0 spiro atoms. The summed E-state index contributed by atoms with van der Waals surface area (Å²) in [5, 5.41) is 0.461. The average molecular weight is 476 g/mol. The van der Waals surface area contributed by atoms with Gasteiger partial charge >= 0.3 is 6.16 Å². The fourth-order valence-corrected chi connectivity index (χ4v) is 3.06. The molecule has 192 valence electrons. The van der Waals surface area contributed by atoms with Crippen molar-refractivity contribution >= 4 is 18.0 Å². The lowest BCUT2D eigenvalue weighted by Gasteiger charge is -2.37. The van der Waals surface area contributed by atoms with Crippen LogP contribution in [0.1, 0.15) is 66.7 Å². The van der Waals surface area contributed by atoms with Gasteiger partial charge in [-0.3, -0.25) is 14.4 Å². The molecule has 3 unspecified atom stereocenters. The van der Waals surface area contributed by atoms with Crippen molar-refractivity contribution in [2.75, 3.05) is 40.6 Å². The molecule has 0 saturated carbocycles. The molecule has 0 aromatic rings. The number of amides is 2. The Bertz CT molecular complexity index is 623. The van der Waals surface area contributed by atoms with Crippen LogP contribution in [-0.2, 0) is 38.1 Å². The summed E-state index contributed by atoms with van der Waals surface area (Å²) in [6.45, 7) is 11.0. The van der Waals surface area contributed by atoms with E-state index in [1.165, 1.54) is 0 Å². The zero-order valence-corrected chi connectivity index (χ0v) is 21.1. The highest BCUT2D eigenvalue weighted by molar-refractivity contribution is 6.01. The van der Waals surface area contributed by atoms with Crippen LogP contribution < -0.4 is 0 Å². The Morgan fingerprint density at radius 3 is 2.24 bits per heavy atom. The van der Waals surface area contributed by atoms with E-state index in [4.69, 9.17) is 28.5 Å². The number of nitrogens with zero attached hydrogens (tertiary/aromatic N) is 1. The predicted octanol–water partition coefficient (Wildman–Crippen LogP) is 3.26. The van der Waals surface area contributed by atoms with Gasteiger partial charge in [0.15, 0.2) is 0 Å². The summed E-state index contributed by atoms with van der Waals surface area (Å²) < 4.78 is 28.0. The van der Waals surface area contributed by atoms with Gasteiger partial charge in [-0.15, -0.1) is 0 Å². The average Bonchev–Trinajstić information content (AvgIpc) is 3.10. The Morgan fingerprint density at radius 1 is 1.06 bits per heavy atom. The third kappa shape index (κ3) is 9.95. The number of hydroxylamine groups is 2. The van der Waals surface area contributed by atoms with Gasteiger partial charge in [0.2, 0.25) is 0 Å². The zero-order chi connectivity index (χ0) is 25.1. The number of carbonyl (C=O) groups is 3. The van der Waals surface area contributed by atoms with Gasteiger partial charge in [-0.25, -0.2) is 4.79 Å². The number of rotatable bonds is 16. The van der Waals surface area contributed by atoms with Gasteiger partial charge in [-0.2, -0.15) is 0 Å². The van der Waals surface area contributed by atoms with Crippen LogP contribution in [0.5, 0.6) is 0 Å². The van der Waals surface area contributed by atoms with Crippen molar-refractivity contribution in [2.24, 2.45) is 5.92 Å². The summed E-state index contributed by atoms with van der Waals surface area (Å²) in [4.78, 5) is 40.3. The first-order chi connectivity index (χ1) is 15.5. The van der Waals surface area contributed by atoms with Gasteiger partial charge in [0, 0.05) is 46.2 Å². The summed E-state index contributed by atoms with van der Waals surface area (Å²) >= 11 is 0. The normalized spacial score (nSPS) is 18.2. The SMILES string of the molecule is CCC(C)(OCCC(C)OC)C(COCCC(C)(C)OC)COC(=O)ON1C(=O)CCC1=O. The number of imide groups is 1. The van der Waals surface area contributed by atoms with Crippen LogP contribution in [0, 0.1) is 5.92 Å². The second-order valence-electron chi connectivity index (χ2n) is 9.07. The van der Waals surface area contributed by atoms with Gasteiger partial charge in [0.25, 0.3) is 11.8 Å². The van der Waals surface area contributed by atoms with E-state index >= 15 is 0 Å². The fraction of sp³-hybridized carbons (Fsp3) is 0.870. The first-order valence-electron chi connectivity index (χ1n) is 11.5. The second kappa shape index (κ2) is 13.8. The third-order valence-electron chi connectivity index (χ3n) is 6.22. The fourth-order valence-electron chi connectivity index (χ4n) is 3.06. The van der Waals surface area contributed by atoms with Gasteiger partial charge in [-0.05, 0) is 47.0 Å². The molecule has 1 aliphatic rings. The first-order valence-corrected chi connectivity index (χ1v) is 11.5. The molecular formula is C23H41NO9. The quantitative estimate of drug-likeness (QED) is 0.189. The van der Waals surface area contributed by atoms with Crippen molar-refractivity contribution < 1.29 is 42.9 Å². The molecule has 10 nitrogen and oxygen atoms in total. The van der Waals surface area contributed by atoms with Gasteiger partial charge < -0.3 is 23.7 Å². The van der Waals surface area contributed by atoms with Crippen molar-refractivity contribution in [3.63, 3.8) is 0 Å². The zero-order valence-electron chi connectivity index (χ0n) is 21.1. The van der Waals surface area contributed by atoms with Crippen LogP contribution >= 0.6 is 0 Å². The standard InChI is InChI=1S/C23H41NO9/c1-8-23(5,32-13-11-17(2)28-6)18(15-30-14-12-22(3,4)29-7)16-31-21(27)33-24-19(25)9-10-20(24)26/h17-18H,8-16H2,1-7H3. The largest absolute Gasteiger partial charge is 0.533 e. The van der Waals surface area contributed by atoms with Crippen molar-refractivity contribution in [1.29, 1.82) is 0 Å². The highest BCUT2D eigenvalue weighted by Gasteiger charge is 2.37. The van der Waals surface area contributed by atoms with Crippen molar-refractivity contribution in [1.82, 2.24) is 5.06 Å². The maximum Gasteiger partial charge on any atom is 0.533 e. The van der Waals surface area contributed by atoms with Crippen LogP contribution in [0.4, 0.5) is 4.79 Å². The molecule has 0 N–H and O–H groups in total. The number of hydrogen-bond acceptors (Lipinski definition) is 9. The van der Waals surface area contributed by atoms with Crippen LogP contribution in [-0.4, -0.2) is 81.0 Å². The maximum absolute atomic E-state index is 12.1. The predicted molar refractivity (Wildman–Crippen MR) is 119 cm³/mol. The molecule has 33 heavy (non-hydrogen) atoms. The molecule has 0 aromatic carbocycles. The van der Waals surface area contributed by atoms with Crippen LogP contribution in [0.3, 0.4) is 0 Å². The van der Waals surface area contributed by atoms with E-state index in [0.717, 1.165) is 0 Å². The Labute approximate surface area is 197 Å². The topological polar surface area (TPSA) is 110 Å². The lowest BCUT2D eigenvalue weighted by molar-refractivity contribution is -0.179. The van der Waals surface area contributed by atoms with Crippen LogP contribution in [0.15, 0.2) is 0 Å². The molecule has 1 fully saturated rings. The minimum atomic E-state index is -1.12. The first kappa shape index (κ1) is 29.3. The molecule has 0 aromatic heterocycles. The molecule has 3 atom stereocenters. The summed E-state index contributed by atoms with van der Waals surface area (Å²) in [5.41, 5.74) is -0.963. The lowest BCUT2D eigenvalue weighted by Crippen LogP contribution is -2.44. The molecule has 1 aliphatic heterocycles. The molecule has 2 amide bonds. The number of carbonyl (C=O) groups excluding carboxylic acids is 3. The van der Waals surface area contributed by atoms with Crippen LogP contribution in [0.2, 0.25) is 0 Å². The van der Waals surface area contributed by atoms with Gasteiger partial charge in [0.1, 0.15) is 6.61 Å². The Balaban J connectivity index is 2.74. The number of ether oxygens (including phenoxy) is 5. The van der Waals surface area contributed by atoms with Crippen molar-refractivity contribution in [3.8, 4) is 0 Å². The summed E-state index contributed by atoms with van der Waals surface area (Å²) in [6.07, 6.45) is 1.02. The highest BCUT2D eigenvalue weighted by atomic mass is 16.8. The molecule has 0 aliphatic carbocycles. The van der Waals surface area contributed by atoms with E-state index in [0.29, 0.717) is 37.5 Å². The summed E-state index contributed by atoms with van der Waals surface area (Å²) in [5.74, 6) is -1.44. The van der Waals surface area contributed by atoms with E-state index in [1.807, 2.05) is 34.6 Å². The van der Waals surface area contributed by atoms with E-state index in [1.54, 1.807) is 14.2 Å². The molecule has 1 rings (SSSR count). The summed E-state index contributed by atoms with van der Waals surface area (Å²) in [6, 6.07) is 0. The molecule has 1 heterocycles. The number of methoxy groups -OCH3 is 2. The second-order valence-corrected chi connectivity index (χ2v) is 9.07. The molecule has 1 saturated heterocycles. The highest BCUT2D eigenvalue weighted by Crippen LogP contribution is 2.28. The molecule has 0 bridgehead atoms. The van der Waals surface area contributed by atoms with Gasteiger partial charge in [0.05, 0.1) is 23.9 Å². The smallest absolute Gasteiger partial charge is 0.432 e. The van der Waals surface area contributed by atoms with Crippen molar-refractivity contribution in [2.45, 2.75) is 84.0 Å².